The summed E-state index contributed by atoms with van der Waals surface area (Å²) in [6, 6.07) is 0.678. The van der Waals surface area contributed by atoms with Crippen LogP contribution in [-0.4, -0.2) is 29.3 Å². The number of aryl methyl sites for hydroxylation is 1. The van der Waals surface area contributed by atoms with Crippen molar-refractivity contribution in [3.63, 3.8) is 0 Å². The third-order valence-electron chi connectivity index (χ3n) is 2.71. The molecule has 0 saturated carbocycles. The number of carbonyl (C=O) groups is 1. The van der Waals surface area contributed by atoms with Crippen molar-refractivity contribution in [2.45, 2.75) is 26.3 Å². The fourth-order valence-electron chi connectivity index (χ4n) is 1.83. The van der Waals surface area contributed by atoms with Gasteiger partial charge in [0.2, 0.25) is 0 Å². The van der Waals surface area contributed by atoms with Gasteiger partial charge in [-0.25, -0.2) is 0 Å². The van der Waals surface area contributed by atoms with Gasteiger partial charge in [0.15, 0.2) is 0 Å². The number of aromatic hydroxyl groups is 1. The van der Waals surface area contributed by atoms with Crippen molar-refractivity contribution in [3.8, 4) is 11.5 Å². The lowest BCUT2D eigenvalue weighted by Gasteiger charge is -2.15. The number of carboxylic acid groups (broad SMARTS) is 1. The molecule has 0 radical (unpaired) electrons. The number of carboxylic acids is 1. The fourth-order valence-corrected chi connectivity index (χ4v) is 1.83. The topological polar surface area (TPSA) is 92.8 Å². The first-order chi connectivity index (χ1) is 7.88. The molecule has 0 bridgehead atoms. The number of benzene rings is 1. The van der Waals surface area contributed by atoms with E-state index in [1.807, 2.05) is 6.92 Å². The summed E-state index contributed by atoms with van der Waals surface area (Å²) in [6.45, 7) is 3.55. The van der Waals surface area contributed by atoms with Crippen LogP contribution in [0.1, 0.15) is 16.7 Å². The third-order valence-corrected chi connectivity index (χ3v) is 2.71. The molecule has 1 aromatic rings. The van der Waals surface area contributed by atoms with Crippen LogP contribution in [0.25, 0.3) is 0 Å². The van der Waals surface area contributed by atoms with Crippen molar-refractivity contribution in [3.05, 3.63) is 22.8 Å². The highest BCUT2D eigenvalue weighted by atomic mass is 16.5. The monoisotopic (exact) mass is 239 g/mol. The molecule has 94 valence electrons. The number of aliphatic carboxylic acids is 1. The molecule has 0 aliphatic rings. The number of hydrogen-bond acceptors (Lipinski definition) is 4. The minimum Gasteiger partial charge on any atom is -0.507 e. The van der Waals surface area contributed by atoms with Gasteiger partial charge in [0, 0.05) is 12.0 Å². The van der Waals surface area contributed by atoms with Crippen molar-refractivity contribution in [1.29, 1.82) is 0 Å². The van der Waals surface area contributed by atoms with Gasteiger partial charge in [0.1, 0.15) is 17.5 Å². The second-order valence-corrected chi connectivity index (χ2v) is 4.01. The lowest BCUT2D eigenvalue weighted by Crippen LogP contribution is -2.32. The molecular weight excluding hydrogens is 222 g/mol. The van der Waals surface area contributed by atoms with Crippen molar-refractivity contribution in [2.75, 3.05) is 7.11 Å². The maximum absolute atomic E-state index is 10.7. The summed E-state index contributed by atoms with van der Waals surface area (Å²) in [6.07, 6.45) is 0.0901. The Bertz CT molecular complexity index is 443. The molecule has 4 N–H and O–H groups in total. The molecule has 5 nitrogen and oxygen atoms in total. The predicted octanol–water partition coefficient (Wildman–Crippen LogP) is 0.972. The van der Waals surface area contributed by atoms with Gasteiger partial charge in [-0.05, 0) is 31.0 Å². The van der Waals surface area contributed by atoms with Gasteiger partial charge >= 0.3 is 5.97 Å². The van der Waals surface area contributed by atoms with Gasteiger partial charge in [-0.3, -0.25) is 4.79 Å². The zero-order chi connectivity index (χ0) is 13.2. The molecule has 0 aliphatic carbocycles. The molecule has 17 heavy (non-hydrogen) atoms. The Morgan fingerprint density at radius 3 is 2.59 bits per heavy atom. The summed E-state index contributed by atoms with van der Waals surface area (Å²) in [5, 5.41) is 18.7. The number of hydrogen-bond donors (Lipinski definition) is 3. The van der Waals surface area contributed by atoms with Crippen molar-refractivity contribution in [2.24, 2.45) is 5.73 Å². The molecule has 0 spiro atoms. The maximum Gasteiger partial charge on any atom is 0.320 e. The van der Waals surface area contributed by atoms with Crippen LogP contribution in [0.15, 0.2) is 6.07 Å². The predicted molar refractivity (Wildman–Crippen MR) is 63.4 cm³/mol. The van der Waals surface area contributed by atoms with E-state index in [2.05, 4.69) is 0 Å². The maximum atomic E-state index is 10.7. The average Bonchev–Trinajstić information content (AvgIpc) is 2.26. The zero-order valence-corrected chi connectivity index (χ0v) is 10.2. The molecule has 1 aromatic carbocycles. The Morgan fingerprint density at radius 1 is 1.53 bits per heavy atom. The molecule has 1 rings (SSSR count). The molecule has 0 heterocycles. The minimum atomic E-state index is -1.09. The summed E-state index contributed by atoms with van der Waals surface area (Å²) >= 11 is 0. The summed E-state index contributed by atoms with van der Waals surface area (Å²) in [4.78, 5) is 10.7. The lowest BCUT2D eigenvalue weighted by atomic mass is 9.99. The largest absolute Gasteiger partial charge is 0.507 e. The quantitative estimate of drug-likeness (QED) is 0.728. The Morgan fingerprint density at radius 2 is 2.12 bits per heavy atom. The van der Waals surface area contributed by atoms with Crippen LogP contribution in [-0.2, 0) is 11.2 Å². The van der Waals surface area contributed by atoms with Gasteiger partial charge in [0.05, 0.1) is 7.11 Å². The van der Waals surface area contributed by atoms with Crippen LogP contribution in [0, 0.1) is 13.8 Å². The van der Waals surface area contributed by atoms with Crippen LogP contribution in [0.3, 0.4) is 0 Å². The van der Waals surface area contributed by atoms with Gasteiger partial charge in [-0.2, -0.15) is 0 Å². The second-order valence-electron chi connectivity index (χ2n) is 4.01. The van der Waals surface area contributed by atoms with Gasteiger partial charge in [-0.15, -0.1) is 0 Å². The van der Waals surface area contributed by atoms with E-state index >= 15 is 0 Å². The minimum absolute atomic E-state index is 0.0455. The number of ether oxygens (including phenoxy) is 1. The van der Waals surface area contributed by atoms with E-state index in [0.29, 0.717) is 16.9 Å². The Kier molecular flexibility index (Phi) is 3.96. The molecule has 0 saturated heterocycles. The Labute approximate surface area is 99.8 Å². The molecule has 0 aromatic heterocycles. The normalized spacial score (nSPS) is 12.2. The Balaban J connectivity index is 3.15. The number of methoxy groups -OCH3 is 1. The highest BCUT2D eigenvalue weighted by Crippen LogP contribution is 2.34. The molecule has 1 atom stereocenters. The van der Waals surface area contributed by atoms with Crippen LogP contribution in [0.5, 0.6) is 11.5 Å². The molecule has 1 unspecified atom stereocenters. The SMILES string of the molecule is COc1c(C)cc(CC(N)C(=O)O)c(O)c1C. The number of phenolic OH excluding ortho intramolecular Hbond substituents is 1. The number of phenols is 1. The highest BCUT2D eigenvalue weighted by molar-refractivity contribution is 5.74. The van der Waals surface area contributed by atoms with E-state index in [0.717, 1.165) is 5.56 Å². The highest BCUT2D eigenvalue weighted by Gasteiger charge is 2.18. The third kappa shape index (κ3) is 2.68. The van der Waals surface area contributed by atoms with E-state index in [1.165, 1.54) is 7.11 Å². The van der Waals surface area contributed by atoms with Crippen LogP contribution >= 0.6 is 0 Å². The van der Waals surface area contributed by atoms with Gasteiger partial charge < -0.3 is 20.7 Å². The van der Waals surface area contributed by atoms with E-state index in [-0.39, 0.29) is 12.2 Å². The number of nitrogens with two attached hydrogens (primary N) is 1. The van der Waals surface area contributed by atoms with Gasteiger partial charge in [-0.1, -0.05) is 0 Å². The van der Waals surface area contributed by atoms with Crippen LogP contribution in [0.2, 0.25) is 0 Å². The zero-order valence-electron chi connectivity index (χ0n) is 10.2. The van der Waals surface area contributed by atoms with Crippen molar-refractivity contribution >= 4 is 5.97 Å². The molecule has 0 fully saturated rings. The average molecular weight is 239 g/mol. The summed E-state index contributed by atoms with van der Waals surface area (Å²) in [5.41, 5.74) is 7.41. The molecule has 5 heteroatoms. The van der Waals surface area contributed by atoms with E-state index in [9.17, 15) is 9.90 Å². The standard InChI is InChI=1S/C12H17NO4/c1-6-4-8(5-9(13)12(15)16)10(14)7(2)11(6)17-3/h4,9,14H,5,13H2,1-3H3,(H,15,16). The second kappa shape index (κ2) is 5.05. The van der Waals surface area contributed by atoms with E-state index < -0.39 is 12.0 Å². The van der Waals surface area contributed by atoms with Crippen molar-refractivity contribution < 1.29 is 19.7 Å². The van der Waals surface area contributed by atoms with E-state index in [4.69, 9.17) is 15.6 Å². The smallest absolute Gasteiger partial charge is 0.320 e. The van der Waals surface area contributed by atoms with E-state index in [1.54, 1.807) is 13.0 Å². The Hall–Kier alpha value is -1.75. The molecule has 0 amide bonds. The first kappa shape index (κ1) is 13.3. The first-order valence-electron chi connectivity index (χ1n) is 5.22. The summed E-state index contributed by atoms with van der Waals surface area (Å²) in [5.74, 6) is -0.435. The van der Waals surface area contributed by atoms with Crippen LogP contribution < -0.4 is 10.5 Å². The molecule has 0 aliphatic heterocycles. The molecular formula is C12H17NO4. The lowest BCUT2D eigenvalue weighted by molar-refractivity contribution is -0.138. The summed E-state index contributed by atoms with van der Waals surface area (Å²) < 4.78 is 5.16. The number of rotatable bonds is 4. The fraction of sp³-hybridized carbons (Fsp3) is 0.417. The van der Waals surface area contributed by atoms with Crippen molar-refractivity contribution in [1.82, 2.24) is 0 Å². The summed E-state index contributed by atoms with van der Waals surface area (Å²) in [7, 11) is 1.53. The first-order valence-corrected chi connectivity index (χ1v) is 5.22. The van der Waals surface area contributed by atoms with Gasteiger partial charge in [0.25, 0.3) is 0 Å². The van der Waals surface area contributed by atoms with Crippen LogP contribution in [0.4, 0.5) is 0 Å².